The van der Waals surface area contributed by atoms with E-state index in [0.717, 1.165) is 5.92 Å². The van der Waals surface area contributed by atoms with Crippen LogP contribution in [0.15, 0.2) is 0 Å². The molecule has 17 heavy (non-hydrogen) atoms. The van der Waals surface area contributed by atoms with E-state index in [1.54, 1.807) is 0 Å². The zero-order valence-corrected chi connectivity index (χ0v) is 12.0. The maximum absolute atomic E-state index is 3.57. The van der Waals surface area contributed by atoms with Gasteiger partial charge in [0.15, 0.2) is 0 Å². The summed E-state index contributed by atoms with van der Waals surface area (Å²) < 4.78 is 0. The number of rotatable bonds is 4. The van der Waals surface area contributed by atoms with E-state index in [0.29, 0.717) is 0 Å². The van der Waals surface area contributed by atoms with Gasteiger partial charge in [0.1, 0.15) is 0 Å². The van der Waals surface area contributed by atoms with Crippen molar-refractivity contribution in [2.75, 3.05) is 13.1 Å². The molecule has 1 aliphatic rings. The van der Waals surface area contributed by atoms with Crippen LogP contribution in [0.2, 0.25) is 0 Å². The molecule has 1 saturated heterocycles. The first-order chi connectivity index (χ1) is 8.43. The minimum absolute atomic E-state index is 1.04. The Morgan fingerprint density at radius 2 is 1.47 bits per heavy atom. The van der Waals surface area contributed by atoms with Crippen molar-refractivity contribution in [3.8, 4) is 0 Å². The summed E-state index contributed by atoms with van der Waals surface area (Å²) in [4.78, 5) is 0. The zero-order chi connectivity index (χ0) is 12.2. The molecule has 0 aromatic rings. The molecule has 0 saturated carbocycles. The van der Waals surface area contributed by atoms with Gasteiger partial charge in [0.25, 0.3) is 0 Å². The second-order valence-corrected chi connectivity index (χ2v) is 5.81. The monoisotopic (exact) mass is 239 g/mol. The molecule has 0 amide bonds. The predicted octanol–water partition coefficient (Wildman–Crippen LogP) is 4.91. The van der Waals surface area contributed by atoms with E-state index in [2.05, 4.69) is 12.2 Å². The molecule has 1 N–H and O–H groups in total. The summed E-state index contributed by atoms with van der Waals surface area (Å²) in [6.07, 6.45) is 17.4. The van der Waals surface area contributed by atoms with Gasteiger partial charge in [-0.3, -0.25) is 0 Å². The number of unbranched alkanes of at least 4 members (excludes halogenated alkanes) is 2. The van der Waals surface area contributed by atoms with Crippen LogP contribution in [0.5, 0.6) is 0 Å². The second kappa shape index (κ2) is 11.1. The van der Waals surface area contributed by atoms with Crippen molar-refractivity contribution in [3.05, 3.63) is 0 Å². The lowest BCUT2D eigenvalue weighted by Gasteiger charge is -2.17. The SMILES string of the molecule is CCCCCC1CCCCCCNCCCC1. The summed E-state index contributed by atoms with van der Waals surface area (Å²) in [5.41, 5.74) is 0. The Morgan fingerprint density at radius 3 is 2.24 bits per heavy atom. The Hall–Kier alpha value is -0.0400. The maximum Gasteiger partial charge on any atom is -0.00489 e. The first-order valence-corrected chi connectivity index (χ1v) is 8.14. The molecule has 1 heteroatoms. The van der Waals surface area contributed by atoms with Crippen LogP contribution in [0.1, 0.15) is 84.0 Å². The molecule has 1 nitrogen and oxygen atoms in total. The van der Waals surface area contributed by atoms with Crippen molar-refractivity contribution in [3.63, 3.8) is 0 Å². The fourth-order valence-electron chi connectivity index (χ4n) is 2.96. The van der Waals surface area contributed by atoms with Gasteiger partial charge in [0.2, 0.25) is 0 Å². The predicted molar refractivity (Wildman–Crippen MR) is 77.4 cm³/mol. The molecule has 0 bridgehead atoms. The van der Waals surface area contributed by atoms with Crippen molar-refractivity contribution in [2.24, 2.45) is 5.92 Å². The van der Waals surface area contributed by atoms with Gasteiger partial charge in [-0.2, -0.15) is 0 Å². The van der Waals surface area contributed by atoms with Crippen molar-refractivity contribution in [2.45, 2.75) is 84.0 Å². The lowest BCUT2D eigenvalue weighted by Crippen LogP contribution is -2.17. The molecule has 1 fully saturated rings. The third-order valence-electron chi connectivity index (χ3n) is 4.15. The van der Waals surface area contributed by atoms with Gasteiger partial charge in [0.05, 0.1) is 0 Å². The Balaban J connectivity index is 2.17. The van der Waals surface area contributed by atoms with Crippen molar-refractivity contribution in [1.82, 2.24) is 5.32 Å². The van der Waals surface area contributed by atoms with Crippen LogP contribution in [0, 0.1) is 5.92 Å². The topological polar surface area (TPSA) is 12.0 Å². The van der Waals surface area contributed by atoms with E-state index in [1.807, 2.05) is 0 Å². The molecule has 0 aromatic carbocycles. The van der Waals surface area contributed by atoms with Gasteiger partial charge in [0, 0.05) is 0 Å². The number of hydrogen-bond donors (Lipinski definition) is 1. The molecule has 0 aliphatic carbocycles. The minimum atomic E-state index is 1.04. The van der Waals surface area contributed by atoms with Gasteiger partial charge in [-0.1, -0.05) is 71.1 Å². The lowest BCUT2D eigenvalue weighted by atomic mass is 9.90. The molecule has 1 atom stereocenters. The number of hydrogen-bond acceptors (Lipinski definition) is 1. The zero-order valence-electron chi connectivity index (χ0n) is 12.0. The quantitative estimate of drug-likeness (QED) is 0.688. The molecular formula is C16H33N. The Kier molecular flexibility index (Phi) is 9.78. The Morgan fingerprint density at radius 1 is 0.824 bits per heavy atom. The van der Waals surface area contributed by atoms with E-state index in [-0.39, 0.29) is 0 Å². The van der Waals surface area contributed by atoms with E-state index < -0.39 is 0 Å². The van der Waals surface area contributed by atoms with Crippen molar-refractivity contribution >= 4 is 0 Å². The summed E-state index contributed by atoms with van der Waals surface area (Å²) in [6.45, 7) is 4.81. The largest absolute Gasteiger partial charge is 0.317 e. The van der Waals surface area contributed by atoms with Gasteiger partial charge in [-0.05, 0) is 31.8 Å². The van der Waals surface area contributed by atoms with Gasteiger partial charge >= 0.3 is 0 Å². The van der Waals surface area contributed by atoms with E-state index >= 15 is 0 Å². The average Bonchev–Trinajstić information content (AvgIpc) is 2.32. The minimum Gasteiger partial charge on any atom is -0.317 e. The second-order valence-electron chi connectivity index (χ2n) is 5.81. The van der Waals surface area contributed by atoms with Gasteiger partial charge in [-0.15, -0.1) is 0 Å². The van der Waals surface area contributed by atoms with Crippen LogP contribution in [-0.2, 0) is 0 Å². The summed E-state index contributed by atoms with van der Waals surface area (Å²) in [6, 6.07) is 0. The fraction of sp³-hybridized carbons (Fsp3) is 1.00. The summed E-state index contributed by atoms with van der Waals surface area (Å²) in [7, 11) is 0. The van der Waals surface area contributed by atoms with Crippen LogP contribution in [0.4, 0.5) is 0 Å². The average molecular weight is 239 g/mol. The fourth-order valence-corrected chi connectivity index (χ4v) is 2.96. The van der Waals surface area contributed by atoms with Crippen LogP contribution < -0.4 is 5.32 Å². The summed E-state index contributed by atoms with van der Waals surface area (Å²) in [5.74, 6) is 1.04. The highest BCUT2D eigenvalue weighted by Crippen LogP contribution is 2.23. The molecule has 102 valence electrons. The van der Waals surface area contributed by atoms with E-state index in [4.69, 9.17) is 0 Å². The number of nitrogens with one attached hydrogen (secondary N) is 1. The molecule has 0 radical (unpaired) electrons. The van der Waals surface area contributed by atoms with E-state index in [1.165, 1.54) is 90.1 Å². The first kappa shape index (κ1) is 15.0. The summed E-state index contributed by atoms with van der Waals surface area (Å²) in [5, 5.41) is 3.57. The smallest absolute Gasteiger partial charge is 0.00489 e. The van der Waals surface area contributed by atoms with Gasteiger partial charge in [-0.25, -0.2) is 0 Å². The van der Waals surface area contributed by atoms with Crippen molar-refractivity contribution < 1.29 is 0 Å². The highest BCUT2D eigenvalue weighted by atomic mass is 14.8. The standard InChI is InChI=1S/C16H33N/c1-2-3-6-11-16-12-7-4-5-9-14-17-15-10-8-13-16/h16-17H,2-15H2,1H3. The van der Waals surface area contributed by atoms with Crippen molar-refractivity contribution in [1.29, 1.82) is 0 Å². The Labute approximate surface area is 109 Å². The third kappa shape index (κ3) is 8.65. The van der Waals surface area contributed by atoms with Crippen LogP contribution in [0.3, 0.4) is 0 Å². The molecule has 1 heterocycles. The highest BCUT2D eigenvalue weighted by molar-refractivity contribution is 4.63. The lowest BCUT2D eigenvalue weighted by molar-refractivity contribution is 0.365. The Bertz CT molecular complexity index is 144. The summed E-state index contributed by atoms with van der Waals surface area (Å²) >= 11 is 0. The normalized spacial score (nSPS) is 24.9. The highest BCUT2D eigenvalue weighted by Gasteiger charge is 2.08. The molecular weight excluding hydrogens is 206 g/mol. The first-order valence-electron chi connectivity index (χ1n) is 8.14. The molecule has 0 spiro atoms. The molecule has 1 unspecified atom stereocenters. The maximum atomic E-state index is 3.57. The third-order valence-corrected chi connectivity index (χ3v) is 4.15. The van der Waals surface area contributed by atoms with Crippen LogP contribution in [0.25, 0.3) is 0 Å². The molecule has 1 rings (SSSR count). The van der Waals surface area contributed by atoms with Gasteiger partial charge < -0.3 is 5.32 Å². The molecule has 0 aromatic heterocycles. The van der Waals surface area contributed by atoms with E-state index in [9.17, 15) is 0 Å². The molecule has 1 aliphatic heterocycles. The van der Waals surface area contributed by atoms with Crippen LogP contribution >= 0.6 is 0 Å². The van der Waals surface area contributed by atoms with Crippen LogP contribution in [-0.4, -0.2) is 13.1 Å².